The molecule has 2 heterocycles. The summed E-state index contributed by atoms with van der Waals surface area (Å²) in [5.41, 5.74) is 8.68. The first-order valence-electron chi connectivity index (χ1n) is 10.4. The van der Waals surface area contributed by atoms with Crippen LogP contribution in [0, 0.1) is 5.41 Å². The van der Waals surface area contributed by atoms with Crippen LogP contribution in [0.3, 0.4) is 0 Å². The Balaban J connectivity index is 2.09. The minimum atomic E-state index is -0.233. The van der Waals surface area contributed by atoms with E-state index in [4.69, 9.17) is 0 Å². The Kier molecular flexibility index (Phi) is 4.25. The predicted molar refractivity (Wildman–Crippen MR) is 117 cm³/mol. The zero-order valence-electron chi connectivity index (χ0n) is 18.0. The molecular formula is C25H31NOP+. The standard InChI is InChI=1S/C25H31NOP/c1-8-25(9-2)16(3)18-14-20-17(15-23(4,5)24(20,6)7)13-19(18)21-11-10-12-22(28-27)26(21)25/h10-14H,3,8-9,15H2,1-2,4-7H3/q+1. The van der Waals surface area contributed by atoms with Crippen LogP contribution in [-0.2, 0) is 21.9 Å². The molecule has 2 aromatic rings. The molecule has 2 aliphatic rings. The lowest BCUT2D eigenvalue weighted by Crippen LogP contribution is -2.66. The second-order valence-corrected chi connectivity index (χ2v) is 10.3. The fourth-order valence-corrected chi connectivity index (χ4v) is 6.03. The fourth-order valence-electron chi connectivity index (χ4n) is 5.50. The van der Waals surface area contributed by atoms with Gasteiger partial charge in [0.15, 0.2) is 5.54 Å². The van der Waals surface area contributed by atoms with Gasteiger partial charge in [0.1, 0.15) is 0 Å². The third-order valence-electron chi connectivity index (χ3n) is 8.06. The molecule has 1 aliphatic heterocycles. The van der Waals surface area contributed by atoms with E-state index in [0.29, 0.717) is 0 Å². The maximum absolute atomic E-state index is 12.0. The van der Waals surface area contributed by atoms with E-state index in [-0.39, 0.29) is 24.8 Å². The first-order valence-corrected chi connectivity index (χ1v) is 11.2. The molecular weight excluding hydrogens is 361 g/mol. The van der Waals surface area contributed by atoms with E-state index in [0.717, 1.165) is 36.0 Å². The monoisotopic (exact) mass is 392 g/mol. The molecule has 2 nitrogen and oxygen atoms in total. The summed E-state index contributed by atoms with van der Waals surface area (Å²) in [4.78, 5) is 0. The summed E-state index contributed by atoms with van der Waals surface area (Å²) in [6.07, 6.45) is 2.94. The Morgan fingerprint density at radius 1 is 1.07 bits per heavy atom. The SMILES string of the molecule is C=C1c2cc3c(cc2-c2cccc(P=O)[n+]2C1(CC)CC)CC(C)(C)C3(C)C. The smallest absolute Gasteiger partial charge is 0.263 e. The topological polar surface area (TPSA) is 20.9 Å². The molecule has 0 atom stereocenters. The molecule has 4 rings (SSSR count). The van der Waals surface area contributed by atoms with Crippen molar-refractivity contribution in [1.29, 1.82) is 0 Å². The Hall–Kier alpha value is -1.79. The Labute approximate surface area is 170 Å². The summed E-state index contributed by atoms with van der Waals surface area (Å²) in [6.45, 7) is 18.5. The molecule has 0 spiro atoms. The fraction of sp³-hybridized carbons (Fsp3) is 0.480. The maximum atomic E-state index is 12.0. The van der Waals surface area contributed by atoms with Crippen LogP contribution >= 0.6 is 8.46 Å². The van der Waals surface area contributed by atoms with Crippen LogP contribution in [0.2, 0.25) is 0 Å². The summed E-state index contributed by atoms with van der Waals surface area (Å²) >= 11 is 0. The quantitative estimate of drug-likeness (QED) is 0.466. The molecule has 0 saturated carbocycles. The largest absolute Gasteiger partial charge is 0.273 e. The minimum absolute atomic E-state index is 0.0599. The van der Waals surface area contributed by atoms with Crippen LogP contribution < -0.4 is 10.0 Å². The van der Waals surface area contributed by atoms with E-state index < -0.39 is 0 Å². The number of allylic oxidation sites excluding steroid dienone is 1. The van der Waals surface area contributed by atoms with Crippen molar-refractivity contribution in [3.63, 3.8) is 0 Å². The highest BCUT2D eigenvalue weighted by atomic mass is 31.1. The molecule has 1 aromatic heterocycles. The number of nitrogens with zero attached hydrogens (tertiary/aromatic N) is 1. The first kappa shape index (κ1) is 19.5. The number of benzene rings is 1. The zero-order valence-corrected chi connectivity index (χ0v) is 18.9. The molecule has 146 valence electrons. The van der Waals surface area contributed by atoms with Crippen molar-refractivity contribution in [2.45, 2.75) is 71.8 Å². The van der Waals surface area contributed by atoms with Gasteiger partial charge in [-0.3, -0.25) is 4.57 Å². The van der Waals surface area contributed by atoms with Gasteiger partial charge in [-0.05, 0) is 52.1 Å². The van der Waals surface area contributed by atoms with Gasteiger partial charge in [-0.15, -0.1) is 0 Å². The Bertz CT molecular complexity index is 1010. The van der Waals surface area contributed by atoms with E-state index in [1.807, 2.05) is 12.1 Å². The van der Waals surface area contributed by atoms with E-state index >= 15 is 0 Å². The van der Waals surface area contributed by atoms with Crippen LogP contribution in [-0.4, -0.2) is 0 Å². The molecule has 0 radical (unpaired) electrons. The summed E-state index contributed by atoms with van der Waals surface area (Å²) in [5.74, 6) is 0. The maximum Gasteiger partial charge on any atom is 0.273 e. The van der Waals surface area contributed by atoms with E-state index in [2.05, 4.69) is 70.9 Å². The van der Waals surface area contributed by atoms with Crippen molar-refractivity contribution in [1.82, 2.24) is 0 Å². The lowest BCUT2D eigenvalue weighted by atomic mass is 9.68. The Morgan fingerprint density at radius 3 is 2.36 bits per heavy atom. The van der Waals surface area contributed by atoms with Gasteiger partial charge in [-0.25, -0.2) is 0 Å². The molecule has 0 amide bonds. The van der Waals surface area contributed by atoms with Gasteiger partial charge in [0.2, 0.25) is 5.69 Å². The van der Waals surface area contributed by atoms with Crippen molar-refractivity contribution in [3.8, 4) is 11.3 Å². The molecule has 3 heteroatoms. The van der Waals surface area contributed by atoms with Crippen molar-refractivity contribution in [2.24, 2.45) is 5.41 Å². The molecule has 1 aromatic carbocycles. The average molecular weight is 393 g/mol. The number of rotatable bonds is 3. The molecule has 28 heavy (non-hydrogen) atoms. The highest BCUT2D eigenvalue weighted by Crippen LogP contribution is 2.54. The van der Waals surface area contributed by atoms with E-state index in [9.17, 15) is 4.57 Å². The van der Waals surface area contributed by atoms with Gasteiger partial charge in [-0.1, -0.05) is 48.1 Å². The van der Waals surface area contributed by atoms with Crippen LogP contribution in [0.4, 0.5) is 0 Å². The second-order valence-electron chi connectivity index (χ2n) is 9.65. The van der Waals surface area contributed by atoms with Crippen LogP contribution in [0.15, 0.2) is 36.9 Å². The number of pyridine rings is 1. The summed E-state index contributed by atoms with van der Waals surface area (Å²) in [7, 11) is 0.0599. The van der Waals surface area contributed by atoms with Crippen LogP contribution in [0.5, 0.6) is 0 Å². The zero-order chi connectivity index (χ0) is 20.5. The van der Waals surface area contributed by atoms with E-state index in [1.54, 1.807) is 0 Å². The predicted octanol–water partition coefficient (Wildman–Crippen LogP) is 5.96. The minimum Gasteiger partial charge on any atom is -0.263 e. The van der Waals surface area contributed by atoms with Crippen molar-refractivity contribution in [2.75, 3.05) is 0 Å². The van der Waals surface area contributed by atoms with Gasteiger partial charge in [0, 0.05) is 30.5 Å². The highest BCUT2D eigenvalue weighted by molar-refractivity contribution is 7.33. The van der Waals surface area contributed by atoms with Crippen LogP contribution in [0.1, 0.15) is 71.1 Å². The number of fused-ring (bicyclic) bond motifs is 4. The van der Waals surface area contributed by atoms with Gasteiger partial charge in [0.25, 0.3) is 13.9 Å². The second kappa shape index (κ2) is 6.10. The van der Waals surface area contributed by atoms with Gasteiger partial charge >= 0.3 is 0 Å². The van der Waals surface area contributed by atoms with Gasteiger partial charge in [0.05, 0.1) is 5.56 Å². The molecule has 0 fully saturated rings. The summed E-state index contributed by atoms with van der Waals surface area (Å²) in [5, 5.41) is 0. The van der Waals surface area contributed by atoms with Gasteiger partial charge in [-0.2, -0.15) is 4.57 Å². The lowest BCUT2D eigenvalue weighted by molar-refractivity contribution is -0.725. The number of hydrogen-bond donors (Lipinski definition) is 0. The molecule has 0 unspecified atom stereocenters. The normalized spacial score (nSPS) is 20.6. The summed E-state index contributed by atoms with van der Waals surface area (Å²) in [6, 6.07) is 11.0. The van der Waals surface area contributed by atoms with E-state index in [1.165, 1.54) is 22.3 Å². The van der Waals surface area contributed by atoms with Gasteiger partial charge < -0.3 is 0 Å². The average Bonchev–Trinajstić information content (AvgIpc) is 2.85. The lowest BCUT2D eigenvalue weighted by Gasteiger charge is -2.37. The van der Waals surface area contributed by atoms with Crippen molar-refractivity contribution < 1.29 is 9.13 Å². The molecule has 0 N–H and O–H groups in total. The summed E-state index contributed by atoms with van der Waals surface area (Å²) < 4.78 is 14.3. The molecule has 1 aliphatic carbocycles. The molecule has 0 saturated heterocycles. The highest BCUT2D eigenvalue weighted by Gasteiger charge is 2.51. The third kappa shape index (κ3) is 2.25. The van der Waals surface area contributed by atoms with Crippen molar-refractivity contribution in [3.05, 3.63) is 53.6 Å². The first-order chi connectivity index (χ1) is 13.1. The van der Waals surface area contributed by atoms with Crippen molar-refractivity contribution >= 4 is 19.5 Å². The Morgan fingerprint density at radius 2 is 1.75 bits per heavy atom. The number of aromatic nitrogens is 1. The van der Waals surface area contributed by atoms with Crippen LogP contribution in [0.25, 0.3) is 16.8 Å². The molecule has 0 bridgehead atoms. The number of hydrogen-bond acceptors (Lipinski definition) is 1. The third-order valence-corrected chi connectivity index (χ3v) is 8.60.